The van der Waals surface area contributed by atoms with Crippen molar-refractivity contribution in [2.45, 2.75) is 49.7 Å². The minimum absolute atomic E-state index is 0.0883. The summed E-state index contributed by atoms with van der Waals surface area (Å²) in [7, 11) is 1.40. The fraction of sp³-hybridized carbons (Fsp3) is 0.923. The normalized spacial score (nSPS) is 18.1. The van der Waals surface area contributed by atoms with E-state index in [0.29, 0.717) is 6.42 Å². The predicted octanol–water partition coefficient (Wildman–Crippen LogP) is 5.37. The van der Waals surface area contributed by atoms with Crippen LogP contribution in [0.4, 0.5) is 0 Å². The molecular formula is C13H22BrCl3O2. The number of hydrogen-bond acceptors (Lipinski definition) is 2. The molecule has 0 aliphatic carbocycles. The molecule has 114 valence electrons. The molecule has 0 amide bonds. The summed E-state index contributed by atoms with van der Waals surface area (Å²) in [6.07, 6.45) is 0.309. The highest BCUT2D eigenvalue weighted by Crippen LogP contribution is 2.53. The summed E-state index contributed by atoms with van der Waals surface area (Å²) in [5.41, 5.74) is -1.13. The van der Waals surface area contributed by atoms with Crippen molar-refractivity contribution in [3.8, 4) is 0 Å². The Bertz CT molecular complexity index is 326. The molecule has 0 aliphatic rings. The summed E-state index contributed by atoms with van der Waals surface area (Å²) in [6, 6.07) is 0. The molecule has 0 radical (unpaired) electrons. The van der Waals surface area contributed by atoms with Gasteiger partial charge in [-0.25, -0.2) is 0 Å². The van der Waals surface area contributed by atoms with Crippen LogP contribution in [0.15, 0.2) is 0 Å². The van der Waals surface area contributed by atoms with E-state index in [-0.39, 0.29) is 16.7 Å². The van der Waals surface area contributed by atoms with E-state index in [4.69, 9.17) is 39.5 Å². The van der Waals surface area contributed by atoms with Crippen molar-refractivity contribution in [1.29, 1.82) is 0 Å². The lowest BCUT2D eigenvalue weighted by Crippen LogP contribution is -2.51. The molecule has 6 heteroatoms. The molecule has 0 rings (SSSR count). The monoisotopic (exact) mass is 394 g/mol. The molecule has 0 saturated carbocycles. The maximum absolute atomic E-state index is 12.2. The lowest BCUT2D eigenvalue weighted by atomic mass is 9.59. The average molecular weight is 397 g/mol. The Balaban J connectivity index is 5.49. The fourth-order valence-electron chi connectivity index (χ4n) is 2.24. The first-order valence-electron chi connectivity index (χ1n) is 6.10. The summed E-state index contributed by atoms with van der Waals surface area (Å²) in [5, 5.41) is 0. The van der Waals surface area contributed by atoms with Crippen LogP contribution in [-0.4, -0.2) is 21.7 Å². The summed E-state index contributed by atoms with van der Waals surface area (Å²) in [4.78, 5) is 12.1. The van der Waals surface area contributed by atoms with Gasteiger partial charge in [0.15, 0.2) is 3.79 Å². The zero-order valence-corrected chi connectivity index (χ0v) is 16.0. The topological polar surface area (TPSA) is 26.3 Å². The molecule has 0 bridgehead atoms. The van der Waals surface area contributed by atoms with Gasteiger partial charge in [-0.3, -0.25) is 4.79 Å². The van der Waals surface area contributed by atoms with Gasteiger partial charge in [-0.1, -0.05) is 78.4 Å². The highest BCUT2D eigenvalue weighted by molar-refractivity contribution is 9.09. The number of ether oxygens (including phenoxy) is 1. The van der Waals surface area contributed by atoms with Gasteiger partial charge in [0.2, 0.25) is 0 Å². The first kappa shape index (κ1) is 19.8. The molecule has 0 heterocycles. The summed E-state index contributed by atoms with van der Waals surface area (Å²) in [5.74, 6) is -0.161. The number of carbonyl (C=O) groups is 1. The number of methoxy groups -OCH3 is 1. The highest BCUT2D eigenvalue weighted by Gasteiger charge is 2.54. The minimum Gasteiger partial charge on any atom is -0.469 e. The van der Waals surface area contributed by atoms with Crippen molar-refractivity contribution >= 4 is 56.7 Å². The largest absolute Gasteiger partial charge is 0.469 e. The molecular weight excluding hydrogens is 374 g/mol. The van der Waals surface area contributed by atoms with Crippen LogP contribution in [0.5, 0.6) is 0 Å². The maximum atomic E-state index is 12.2. The Labute approximate surface area is 139 Å². The van der Waals surface area contributed by atoms with E-state index < -0.39 is 14.6 Å². The second-order valence-electron chi connectivity index (χ2n) is 5.86. The van der Waals surface area contributed by atoms with Gasteiger partial charge in [-0.15, -0.1) is 0 Å². The first-order chi connectivity index (χ1) is 8.30. The van der Waals surface area contributed by atoms with Gasteiger partial charge in [-0.05, 0) is 18.3 Å². The standard InChI is InChI=1S/C13H22BrCl3O2/c1-8(2)12(5,10(18)19-6)11(3,4)9(14)7-13(15,16)17/h8-9H,7H2,1-6H3. The molecule has 0 aromatic rings. The van der Waals surface area contributed by atoms with E-state index >= 15 is 0 Å². The van der Waals surface area contributed by atoms with E-state index in [2.05, 4.69) is 15.9 Å². The molecule has 0 spiro atoms. The molecule has 0 aromatic heterocycles. The summed E-state index contributed by atoms with van der Waals surface area (Å²) >= 11 is 21.2. The first-order valence-corrected chi connectivity index (χ1v) is 8.15. The Morgan fingerprint density at radius 3 is 1.89 bits per heavy atom. The van der Waals surface area contributed by atoms with Crippen molar-refractivity contribution in [3.05, 3.63) is 0 Å². The quantitative estimate of drug-likeness (QED) is 0.461. The lowest BCUT2D eigenvalue weighted by Gasteiger charge is -2.48. The van der Waals surface area contributed by atoms with E-state index in [1.54, 1.807) is 0 Å². The average Bonchev–Trinajstić information content (AvgIpc) is 2.23. The zero-order valence-electron chi connectivity index (χ0n) is 12.2. The van der Waals surface area contributed by atoms with E-state index in [9.17, 15) is 4.79 Å². The second-order valence-corrected chi connectivity index (χ2v) is 9.48. The van der Waals surface area contributed by atoms with Crippen molar-refractivity contribution in [2.24, 2.45) is 16.7 Å². The van der Waals surface area contributed by atoms with Crippen molar-refractivity contribution < 1.29 is 9.53 Å². The Kier molecular flexibility index (Phi) is 7.01. The Morgan fingerprint density at radius 1 is 1.21 bits per heavy atom. The van der Waals surface area contributed by atoms with Crippen molar-refractivity contribution in [1.82, 2.24) is 0 Å². The second kappa shape index (κ2) is 6.72. The van der Waals surface area contributed by atoms with Gasteiger partial charge in [0.1, 0.15) is 0 Å². The minimum atomic E-state index is -1.36. The van der Waals surface area contributed by atoms with Crippen LogP contribution >= 0.6 is 50.7 Å². The van der Waals surface area contributed by atoms with Gasteiger partial charge in [0, 0.05) is 11.2 Å². The SMILES string of the molecule is COC(=O)C(C)(C(C)C)C(C)(C)C(Br)CC(Cl)(Cl)Cl. The third-order valence-electron chi connectivity index (χ3n) is 4.30. The van der Waals surface area contributed by atoms with Crippen LogP contribution in [-0.2, 0) is 9.53 Å². The fourth-order valence-corrected chi connectivity index (χ4v) is 4.22. The van der Waals surface area contributed by atoms with Crippen LogP contribution in [0, 0.1) is 16.7 Å². The summed E-state index contributed by atoms with van der Waals surface area (Å²) < 4.78 is 3.62. The van der Waals surface area contributed by atoms with Crippen LogP contribution < -0.4 is 0 Å². The number of carbonyl (C=O) groups excluding carboxylic acids is 1. The van der Waals surface area contributed by atoms with E-state index in [1.165, 1.54) is 7.11 Å². The van der Waals surface area contributed by atoms with Crippen molar-refractivity contribution in [2.75, 3.05) is 7.11 Å². The molecule has 2 atom stereocenters. The number of halogens is 4. The maximum Gasteiger partial charge on any atom is 0.312 e. The third kappa shape index (κ3) is 4.39. The van der Waals surface area contributed by atoms with Crippen molar-refractivity contribution in [3.63, 3.8) is 0 Å². The summed E-state index contributed by atoms with van der Waals surface area (Å²) in [6.45, 7) is 9.86. The van der Waals surface area contributed by atoms with Gasteiger partial charge in [-0.2, -0.15) is 0 Å². The number of rotatable bonds is 5. The lowest BCUT2D eigenvalue weighted by molar-refractivity contribution is -0.164. The van der Waals surface area contributed by atoms with Crippen LogP contribution in [0.1, 0.15) is 41.0 Å². The number of esters is 1. The van der Waals surface area contributed by atoms with Gasteiger partial charge in [0.05, 0.1) is 12.5 Å². The molecule has 19 heavy (non-hydrogen) atoms. The molecule has 0 aliphatic heterocycles. The molecule has 2 unspecified atom stereocenters. The van der Waals surface area contributed by atoms with Gasteiger partial charge >= 0.3 is 5.97 Å². The molecule has 0 aromatic carbocycles. The van der Waals surface area contributed by atoms with Gasteiger partial charge in [0.25, 0.3) is 0 Å². The van der Waals surface area contributed by atoms with E-state index in [0.717, 1.165) is 0 Å². The van der Waals surface area contributed by atoms with Gasteiger partial charge < -0.3 is 4.74 Å². The van der Waals surface area contributed by atoms with Crippen LogP contribution in [0.3, 0.4) is 0 Å². The molecule has 2 nitrogen and oxygen atoms in total. The number of alkyl halides is 4. The zero-order chi connectivity index (χ0) is 15.6. The van der Waals surface area contributed by atoms with Crippen LogP contribution in [0.25, 0.3) is 0 Å². The Hall–Kier alpha value is 0.820. The molecule has 0 N–H and O–H groups in total. The molecule has 0 fully saturated rings. The molecule has 0 saturated heterocycles. The highest BCUT2D eigenvalue weighted by atomic mass is 79.9. The van der Waals surface area contributed by atoms with Crippen LogP contribution in [0.2, 0.25) is 0 Å². The number of hydrogen-bond donors (Lipinski definition) is 0. The smallest absolute Gasteiger partial charge is 0.312 e. The predicted molar refractivity (Wildman–Crippen MR) is 86.4 cm³/mol. The Morgan fingerprint density at radius 2 is 1.63 bits per heavy atom. The third-order valence-corrected chi connectivity index (χ3v) is 6.23. The van der Waals surface area contributed by atoms with E-state index in [1.807, 2.05) is 34.6 Å².